The molecule has 0 N–H and O–H groups in total. The number of hydrogen-bond acceptors (Lipinski definition) is 6. The number of carbonyl (C=O) groups excluding carboxylic acids is 2. The molecule has 3 heterocycles. The molecule has 2 saturated heterocycles. The number of thiazole rings is 1. The van der Waals surface area contributed by atoms with E-state index in [1.165, 1.54) is 11.3 Å². The second kappa shape index (κ2) is 10.3. The van der Waals surface area contributed by atoms with Crippen molar-refractivity contribution in [2.45, 2.75) is 45.1 Å². The Labute approximate surface area is 214 Å². The molecule has 2 fully saturated rings. The Morgan fingerprint density at radius 1 is 1.00 bits per heavy atom. The maximum Gasteiger partial charge on any atom is 0.410 e. The van der Waals surface area contributed by atoms with E-state index in [1.807, 2.05) is 43.2 Å². The number of benzene rings is 1. The van der Waals surface area contributed by atoms with Crippen molar-refractivity contribution in [3.05, 3.63) is 44.3 Å². The summed E-state index contributed by atoms with van der Waals surface area (Å²) < 4.78 is 5.48. The van der Waals surface area contributed by atoms with E-state index in [1.54, 1.807) is 11.0 Å². The van der Waals surface area contributed by atoms with Gasteiger partial charge in [0.05, 0.1) is 15.1 Å². The molecule has 10 heteroatoms. The highest BCUT2D eigenvalue weighted by molar-refractivity contribution is 7.09. The maximum atomic E-state index is 13.1. The first kappa shape index (κ1) is 25.1. The summed E-state index contributed by atoms with van der Waals surface area (Å²) in [5.41, 5.74) is 1.03. The fourth-order valence-electron chi connectivity index (χ4n) is 4.22. The minimum absolute atomic E-state index is 0.0255. The summed E-state index contributed by atoms with van der Waals surface area (Å²) in [6.45, 7) is 9.60. The van der Waals surface area contributed by atoms with Crippen molar-refractivity contribution in [3.8, 4) is 0 Å². The molecule has 2 aliphatic heterocycles. The maximum absolute atomic E-state index is 13.1. The number of nitrogens with zero attached hydrogens (tertiary/aromatic N) is 4. The van der Waals surface area contributed by atoms with Gasteiger partial charge in [0.25, 0.3) is 5.91 Å². The highest BCUT2D eigenvalue weighted by Crippen LogP contribution is 2.32. The monoisotopic (exact) mass is 524 g/mol. The molecule has 2 amide bonds. The van der Waals surface area contributed by atoms with Crippen LogP contribution in [-0.2, 0) is 4.74 Å². The zero-order chi connectivity index (χ0) is 24.5. The molecule has 2 aliphatic rings. The Kier molecular flexibility index (Phi) is 7.60. The number of ether oxygens (including phenoxy) is 1. The fourth-order valence-corrected chi connectivity index (χ4v) is 5.48. The smallest absolute Gasteiger partial charge is 0.410 e. The lowest BCUT2D eigenvalue weighted by Crippen LogP contribution is -2.48. The van der Waals surface area contributed by atoms with Crippen LogP contribution < -0.4 is 4.90 Å². The predicted octanol–water partition coefficient (Wildman–Crippen LogP) is 5.53. The van der Waals surface area contributed by atoms with Gasteiger partial charge in [0.1, 0.15) is 11.3 Å². The lowest BCUT2D eigenvalue weighted by Gasteiger charge is -2.36. The van der Waals surface area contributed by atoms with Crippen molar-refractivity contribution >= 4 is 52.2 Å². The third-order valence-corrected chi connectivity index (χ3v) is 7.82. The van der Waals surface area contributed by atoms with Crippen LogP contribution in [0.25, 0.3) is 0 Å². The van der Waals surface area contributed by atoms with Gasteiger partial charge in [0.2, 0.25) is 0 Å². The zero-order valence-corrected chi connectivity index (χ0v) is 22.0. The Morgan fingerprint density at radius 2 is 1.68 bits per heavy atom. The predicted molar refractivity (Wildman–Crippen MR) is 136 cm³/mol. The van der Waals surface area contributed by atoms with Crippen LogP contribution in [0.1, 0.15) is 55.0 Å². The molecule has 0 aliphatic carbocycles. The molecule has 1 aromatic carbocycles. The van der Waals surface area contributed by atoms with Crippen molar-refractivity contribution in [2.75, 3.05) is 44.2 Å². The van der Waals surface area contributed by atoms with Crippen LogP contribution in [0, 0.1) is 0 Å². The van der Waals surface area contributed by atoms with Gasteiger partial charge in [-0.2, -0.15) is 0 Å². The number of hydrogen-bond donors (Lipinski definition) is 0. The zero-order valence-electron chi connectivity index (χ0n) is 19.7. The summed E-state index contributed by atoms with van der Waals surface area (Å²) >= 11 is 13.7. The Balaban J connectivity index is 1.29. The van der Waals surface area contributed by atoms with Gasteiger partial charge in [0.15, 0.2) is 0 Å². The summed E-state index contributed by atoms with van der Waals surface area (Å²) in [7, 11) is 0. The molecule has 0 radical (unpaired) electrons. The minimum Gasteiger partial charge on any atom is -0.444 e. The van der Waals surface area contributed by atoms with E-state index in [-0.39, 0.29) is 17.9 Å². The molecular formula is C24H30Cl2N4O3S. The molecule has 0 spiro atoms. The molecule has 0 unspecified atom stereocenters. The number of piperazine rings is 1. The largest absolute Gasteiger partial charge is 0.444 e. The van der Waals surface area contributed by atoms with Crippen LogP contribution in [-0.4, -0.2) is 71.7 Å². The Morgan fingerprint density at radius 3 is 2.29 bits per heavy atom. The third-order valence-electron chi connectivity index (χ3n) is 6.07. The van der Waals surface area contributed by atoms with Crippen molar-refractivity contribution in [1.82, 2.24) is 14.8 Å². The average Bonchev–Trinajstić information content (AvgIpc) is 3.30. The second-order valence-corrected chi connectivity index (χ2v) is 11.4. The van der Waals surface area contributed by atoms with E-state index in [9.17, 15) is 9.59 Å². The highest BCUT2D eigenvalue weighted by Gasteiger charge is 2.30. The van der Waals surface area contributed by atoms with Gasteiger partial charge in [-0.05, 0) is 51.8 Å². The summed E-state index contributed by atoms with van der Waals surface area (Å²) in [4.78, 5) is 35.9. The molecule has 0 saturated carbocycles. The van der Waals surface area contributed by atoms with Crippen molar-refractivity contribution in [2.24, 2.45) is 0 Å². The van der Waals surface area contributed by atoms with Crippen molar-refractivity contribution in [1.29, 1.82) is 0 Å². The SMILES string of the molecule is CC(C)(C)OC(=O)N1CCC(c2nc(C(=O)N3CCN(c4ccc(Cl)c(Cl)c4)CC3)cs2)CC1. The number of piperidine rings is 1. The van der Waals surface area contributed by atoms with E-state index >= 15 is 0 Å². The summed E-state index contributed by atoms with van der Waals surface area (Å²) in [6, 6.07) is 5.61. The van der Waals surface area contributed by atoms with Gasteiger partial charge >= 0.3 is 6.09 Å². The normalized spacial score (nSPS) is 17.7. The van der Waals surface area contributed by atoms with Crippen LogP contribution in [0.3, 0.4) is 0 Å². The summed E-state index contributed by atoms with van der Waals surface area (Å²) in [5.74, 6) is 0.235. The highest BCUT2D eigenvalue weighted by atomic mass is 35.5. The van der Waals surface area contributed by atoms with Crippen LogP contribution in [0.5, 0.6) is 0 Å². The lowest BCUT2D eigenvalue weighted by molar-refractivity contribution is 0.0204. The number of rotatable bonds is 3. The molecule has 0 bridgehead atoms. The number of halogens is 2. The van der Waals surface area contributed by atoms with Gasteiger partial charge in [0, 0.05) is 56.3 Å². The van der Waals surface area contributed by atoms with E-state index < -0.39 is 5.60 Å². The van der Waals surface area contributed by atoms with Gasteiger partial charge in [-0.3, -0.25) is 4.79 Å². The number of carbonyl (C=O) groups is 2. The second-order valence-electron chi connectivity index (χ2n) is 9.69. The first-order valence-electron chi connectivity index (χ1n) is 11.5. The van der Waals surface area contributed by atoms with Crippen LogP contribution in [0.15, 0.2) is 23.6 Å². The summed E-state index contributed by atoms with van der Waals surface area (Å²) in [6.07, 6.45) is 1.38. The van der Waals surface area contributed by atoms with E-state index in [0.717, 1.165) is 36.6 Å². The van der Waals surface area contributed by atoms with Crippen LogP contribution in [0.2, 0.25) is 10.0 Å². The topological polar surface area (TPSA) is 66.0 Å². The number of anilines is 1. The number of likely N-dealkylation sites (tertiary alicyclic amines) is 1. The molecule has 184 valence electrons. The van der Waals surface area contributed by atoms with Crippen LogP contribution in [0.4, 0.5) is 10.5 Å². The van der Waals surface area contributed by atoms with Gasteiger partial charge in [-0.1, -0.05) is 23.2 Å². The van der Waals surface area contributed by atoms with Gasteiger partial charge in [-0.25, -0.2) is 9.78 Å². The molecule has 4 rings (SSSR count). The average molecular weight is 526 g/mol. The third kappa shape index (κ3) is 5.96. The number of amides is 2. The molecule has 2 aromatic rings. The van der Waals surface area contributed by atoms with Gasteiger partial charge < -0.3 is 19.4 Å². The van der Waals surface area contributed by atoms with Gasteiger partial charge in [-0.15, -0.1) is 11.3 Å². The molecular weight excluding hydrogens is 495 g/mol. The number of aromatic nitrogens is 1. The van der Waals surface area contributed by atoms with Crippen molar-refractivity contribution in [3.63, 3.8) is 0 Å². The Bertz CT molecular complexity index is 1040. The van der Waals surface area contributed by atoms with Crippen LogP contribution >= 0.6 is 34.5 Å². The molecule has 7 nitrogen and oxygen atoms in total. The van der Waals surface area contributed by atoms with Crippen molar-refractivity contribution < 1.29 is 14.3 Å². The quantitative estimate of drug-likeness (QED) is 0.528. The van der Waals surface area contributed by atoms with E-state index in [0.29, 0.717) is 41.9 Å². The standard InChI is InChI=1S/C24H30Cl2N4O3S/c1-24(2,3)33-23(32)30-8-6-16(7-9-30)21-27-20(15-34-21)22(31)29-12-10-28(11-13-29)17-4-5-18(25)19(26)14-17/h4-5,14-16H,6-13H2,1-3H3. The van der Waals surface area contributed by atoms with E-state index in [2.05, 4.69) is 9.88 Å². The first-order chi connectivity index (χ1) is 16.1. The molecule has 34 heavy (non-hydrogen) atoms. The minimum atomic E-state index is -0.494. The first-order valence-corrected chi connectivity index (χ1v) is 13.2. The lowest BCUT2D eigenvalue weighted by atomic mass is 9.98. The summed E-state index contributed by atoms with van der Waals surface area (Å²) in [5, 5.41) is 3.91. The van der Waals surface area contributed by atoms with E-state index in [4.69, 9.17) is 27.9 Å². The fraction of sp³-hybridized carbons (Fsp3) is 0.542. The Hall–Kier alpha value is -2.03. The molecule has 0 atom stereocenters. The molecule has 1 aromatic heterocycles.